The Balaban J connectivity index is 1.53. The lowest BCUT2D eigenvalue weighted by molar-refractivity contribution is -0.138. The number of piperidine rings is 1. The third-order valence-corrected chi connectivity index (χ3v) is 6.21. The van der Waals surface area contributed by atoms with E-state index in [0.717, 1.165) is 38.6 Å². The molecule has 25 heavy (non-hydrogen) atoms. The maximum Gasteiger partial charge on any atom is 0.255 e. The van der Waals surface area contributed by atoms with E-state index in [1.807, 2.05) is 9.80 Å². The Bertz CT molecular complexity index is 707. The molecular weight excluding hydrogens is 343 g/mol. The van der Waals surface area contributed by atoms with Gasteiger partial charge in [0.15, 0.2) is 0 Å². The van der Waals surface area contributed by atoms with E-state index in [0.29, 0.717) is 24.6 Å². The Kier molecular flexibility index (Phi) is 4.44. The van der Waals surface area contributed by atoms with Gasteiger partial charge in [0, 0.05) is 31.6 Å². The molecule has 0 radical (unpaired) electrons. The molecule has 3 heterocycles. The molecule has 4 nitrogen and oxygen atoms in total. The van der Waals surface area contributed by atoms with Gasteiger partial charge in [0.2, 0.25) is 5.91 Å². The SMILES string of the molecule is O=C(C1CCC1)N1C[C@H]2CC[C@@H](C1)N(C(=O)c1ccc(F)cc1Cl)C2. The van der Waals surface area contributed by atoms with Crippen LogP contribution in [-0.4, -0.2) is 47.3 Å². The van der Waals surface area contributed by atoms with E-state index in [9.17, 15) is 14.0 Å². The second kappa shape index (κ2) is 6.60. The van der Waals surface area contributed by atoms with Gasteiger partial charge in [-0.15, -0.1) is 0 Å². The lowest BCUT2D eigenvalue weighted by Crippen LogP contribution is -2.48. The first kappa shape index (κ1) is 16.8. The summed E-state index contributed by atoms with van der Waals surface area (Å²) in [6.45, 7) is 1.99. The fourth-order valence-electron chi connectivity index (χ4n) is 4.24. The summed E-state index contributed by atoms with van der Waals surface area (Å²) in [5, 5.41) is 0.146. The Morgan fingerprint density at radius 1 is 1.08 bits per heavy atom. The highest BCUT2D eigenvalue weighted by atomic mass is 35.5. The van der Waals surface area contributed by atoms with Crippen LogP contribution in [0, 0.1) is 17.7 Å². The second-order valence-electron chi connectivity index (χ2n) is 7.55. The number of nitrogens with zero attached hydrogens (tertiary/aromatic N) is 2. The quantitative estimate of drug-likeness (QED) is 0.807. The van der Waals surface area contributed by atoms with Gasteiger partial charge in [0.05, 0.1) is 10.6 Å². The number of fused-ring (bicyclic) bond motifs is 4. The Morgan fingerprint density at radius 3 is 2.56 bits per heavy atom. The summed E-state index contributed by atoms with van der Waals surface area (Å²) in [6, 6.07) is 3.92. The van der Waals surface area contributed by atoms with E-state index in [-0.39, 0.29) is 28.8 Å². The first-order valence-electron chi connectivity index (χ1n) is 9.07. The highest BCUT2D eigenvalue weighted by molar-refractivity contribution is 6.33. The maximum absolute atomic E-state index is 13.3. The fourth-order valence-corrected chi connectivity index (χ4v) is 4.49. The smallest absolute Gasteiger partial charge is 0.255 e. The van der Waals surface area contributed by atoms with Gasteiger partial charge >= 0.3 is 0 Å². The van der Waals surface area contributed by atoms with Crippen LogP contribution < -0.4 is 0 Å². The molecule has 0 spiro atoms. The normalized spacial score (nSPS) is 26.3. The highest BCUT2D eigenvalue weighted by Crippen LogP contribution is 2.34. The van der Waals surface area contributed by atoms with Gasteiger partial charge in [0.25, 0.3) is 5.91 Å². The number of amides is 2. The largest absolute Gasteiger partial charge is 0.340 e. The predicted octanol–water partition coefficient (Wildman–Crippen LogP) is 3.34. The lowest BCUT2D eigenvalue weighted by atomic mass is 9.84. The van der Waals surface area contributed by atoms with Crippen molar-refractivity contribution in [1.29, 1.82) is 0 Å². The minimum Gasteiger partial charge on any atom is -0.340 e. The van der Waals surface area contributed by atoms with Crippen LogP contribution in [0.5, 0.6) is 0 Å². The number of hydrogen-bond acceptors (Lipinski definition) is 2. The van der Waals surface area contributed by atoms with Crippen LogP contribution in [0.1, 0.15) is 42.5 Å². The van der Waals surface area contributed by atoms with Crippen LogP contribution in [0.3, 0.4) is 0 Å². The van der Waals surface area contributed by atoms with Crippen molar-refractivity contribution >= 4 is 23.4 Å². The molecule has 2 bridgehead atoms. The number of hydrogen-bond donors (Lipinski definition) is 0. The molecular formula is C19H22ClFN2O2. The summed E-state index contributed by atoms with van der Waals surface area (Å²) in [6.07, 6.45) is 5.09. The summed E-state index contributed by atoms with van der Waals surface area (Å²) in [4.78, 5) is 29.4. The molecule has 6 heteroatoms. The molecule has 3 saturated heterocycles. The molecule has 2 atom stereocenters. The minimum atomic E-state index is -0.448. The molecule has 3 aliphatic heterocycles. The van der Waals surface area contributed by atoms with Crippen LogP contribution in [0.25, 0.3) is 0 Å². The standard InChI is InChI=1S/C19H22ClFN2O2/c20-17-8-14(21)5-7-16(17)19(25)23-10-12-4-6-15(23)11-22(9-12)18(24)13-2-1-3-13/h5,7-8,12-13,15H,1-4,6,9-11H2/t12-,15+/m1/s1. The maximum atomic E-state index is 13.3. The van der Waals surface area contributed by atoms with Crippen molar-refractivity contribution in [2.45, 2.75) is 38.1 Å². The minimum absolute atomic E-state index is 0.0244. The third-order valence-electron chi connectivity index (χ3n) is 5.90. The summed E-state index contributed by atoms with van der Waals surface area (Å²) in [7, 11) is 0. The molecule has 4 fully saturated rings. The molecule has 1 aliphatic carbocycles. The molecule has 0 aromatic heterocycles. The van der Waals surface area contributed by atoms with Gasteiger partial charge in [-0.1, -0.05) is 18.0 Å². The zero-order valence-electron chi connectivity index (χ0n) is 14.1. The van der Waals surface area contributed by atoms with Gasteiger partial charge in [0.1, 0.15) is 5.82 Å². The molecule has 2 amide bonds. The number of carbonyl (C=O) groups is 2. The van der Waals surface area contributed by atoms with Crippen molar-refractivity contribution < 1.29 is 14.0 Å². The summed E-state index contributed by atoms with van der Waals surface area (Å²) in [5.41, 5.74) is 0.340. The van der Waals surface area contributed by atoms with Gasteiger partial charge in [-0.05, 0) is 49.8 Å². The Hall–Kier alpha value is -1.62. The van der Waals surface area contributed by atoms with Crippen molar-refractivity contribution in [2.24, 2.45) is 11.8 Å². The van der Waals surface area contributed by atoms with Gasteiger partial charge in [-0.25, -0.2) is 4.39 Å². The van der Waals surface area contributed by atoms with Crippen LogP contribution >= 0.6 is 11.6 Å². The second-order valence-corrected chi connectivity index (χ2v) is 7.96. The van der Waals surface area contributed by atoms with E-state index in [4.69, 9.17) is 11.6 Å². The van der Waals surface area contributed by atoms with Crippen molar-refractivity contribution in [3.05, 3.63) is 34.6 Å². The number of benzene rings is 1. The van der Waals surface area contributed by atoms with Gasteiger partial charge in [-0.3, -0.25) is 9.59 Å². The average Bonchev–Trinajstić information content (AvgIpc) is 2.84. The fraction of sp³-hybridized carbons (Fsp3) is 0.579. The molecule has 1 saturated carbocycles. The van der Waals surface area contributed by atoms with E-state index in [1.165, 1.54) is 18.2 Å². The van der Waals surface area contributed by atoms with Crippen LogP contribution in [0.4, 0.5) is 4.39 Å². The average molecular weight is 365 g/mol. The third kappa shape index (κ3) is 3.14. The van der Waals surface area contributed by atoms with E-state index < -0.39 is 5.82 Å². The molecule has 1 aromatic rings. The molecule has 0 unspecified atom stereocenters. The highest BCUT2D eigenvalue weighted by Gasteiger charge is 2.41. The summed E-state index contributed by atoms with van der Waals surface area (Å²) >= 11 is 6.08. The molecule has 134 valence electrons. The van der Waals surface area contributed by atoms with Gasteiger partial charge in [-0.2, -0.15) is 0 Å². The van der Waals surface area contributed by atoms with Crippen molar-refractivity contribution in [1.82, 2.24) is 9.80 Å². The Labute approximate surface area is 151 Å². The van der Waals surface area contributed by atoms with Crippen molar-refractivity contribution in [3.8, 4) is 0 Å². The topological polar surface area (TPSA) is 40.6 Å². The van der Waals surface area contributed by atoms with E-state index in [2.05, 4.69) is 0 Å². The zero-order chi connectivity index (χ0) is 17.6. The van der Waals surface area contributed by atoms with E-state index in [1.54, 1.807) is 0 Å². The number of halogens is 2. The van der Waals surface area contributed by atoms with Crippen molar-refractivity contribution in [2.75, 3.05) is 19.6 Å². The monoisotopic (exact) mass is 364 g/mol. The molecule has 4 aliphatic rings. The first-order valence-corrected chi connectivity index (χ1v) is 9.45. The summed E-state index contributed by atoms with van der Waals surface area (Å²) < 4.78 is 13.3. The van der Waals surface area contributed by atoms with Crippen molar-refractivity contribution in [3.63, 3.8) is 0 Å². The Morgan fingerprint density at radius 2 is 1.88 bits per heavy atom. The number of rotatable bonds is 2. The van der Waals surface area contributed by atoms with Crippen LogP contribution in [0.2, 0.25) is 5.02 Å². The lowest BCUT2D eigenvalue weighted by Gasteiger charge is -2.36. The van der Waals surface area contributed by atoms with Gasteiger partial charge < -0.3 is 9.80 Å². The zero-order valence-corrected chi connectivity index (χ0v) is 14.8. The van der Waals surface area contributed by atoms with E-state index >= 15 is 0 Å². The molecule has 5 rings (SSSR count). The predicted molar refractivity (Wildman–Crippen MR) is 92.9 cm³/mol. The number of carbonyl (C=O) groups excluding carboxylic acids is 2. The van der Waals surface area contributed by atoms with Crippen LogP contribution in [0.15, 0.2) is 18.2 Å². The van der Waals surface area contributed by atoms with Crippen LogP contribution in [-0.2, 0) is 4.79 Å². The summed E-state index contributed by atoms with van der Waals surface area (Å²) in [5.74, 6) is 0.158. The first-order chi connectivity index (χ1) is 12.0. The molecule has 0 N–H and O–H groups in total. The molecule has 1 aromatic carbocycles.